The van der Waals surface area contributed by atoms with Gasteiger partial charge in [0.1, 0.15) is 17.2 Å². The molecule has 2 amide bonds. The lowest BCUT2D eigenvalue weighted by molar-refractivity contribution is -0.117. The molecule has 34 heavy (non-hydrogen) atoms. The molecule has 0 spiro atoms. The molecule has 0 heterocycles. The number of benzene rings is 3. The fourth-order valence-corrected chi connectivity index (χ4v) is 3.39. The molecule has 7 nitrogen and oxygen atoms in total. The van der Waals surface area contributed by atoms with Crippen LogP contribution in [0.4, 0.5) is 0 Å². The van der Waals surface area contributed by atoms with Crippen LogP contribution in [0.3, 0.4) is 0 Å². The van der Waals surface area contributed by atoms with Crippen molar-refractivity contribution >= 4 is 47.3 Å². The molecular weight excluding hydrogens is 477 g/mol. The molecular formula is C25H21Cl2N3O4. The number of rotatable bonds is 8. The number of methoxy groups -OCH3 is 2. The van der Waals surface area contributed by atoms with E-state index in [9.17, 15) is 9.59 Å². The molecule has 174 valence electrons. The van der Waals surface area contributed by atoms with E-state index < -0.39 is 11.8 Å². The molecule has 0 aliphatic rings. The van der Waals surface area contributed by atoms with Crippen LogP contribution < -0.4 is 20.2 Å². The van der Waals surface area contributed by atoms with Gasteiger partial charge >= 0.3 is 0 Å². The minimum atomic E-state index is -0.673. The predicted molar refractivity (Wildman–Crippen MR) is 134 cm³/mol. The van der Waals surface area contributed by atoms with Crippen LogP contribution in [-0.2, 0) is 4.79 Å². The van der Waals surface area contributed by atoms with E-state index in [1.54, 1.807) is 66.7 Å². The molecule has 0 aliphatic heterocycles. The van der Waals surface area contributed by atoms with Gasteiger partial charge in [-0.1, -0.05) is 47.5 Å². The van der Waals surface area contributed by atoms with Gasteiger partial charge in [0.2, 0.25) is 0 Å². The lowest BCUT2D eigenvalue weighted by Gasteiger charge is -2.12. The molecule has 0 unspecified atom stereocenters. The number of hydrogen-bond donors (Lipinski definition) is 2. The summed E-state index contributed by atoms with van der Waals surface area (Å²) in [4.78, 5) is 25.7. The first-order chi connectivity index (χ1) is 16.4. The van der Waals surface area contributed by atoms with E-state index in [-0.39, 0.29) is 5.70 Å². The standard InChI is InChI=1S/C25H21Cl2N3O4/c1-33-18-11-12-23(34-2)17(13-18)14-22(29-24(31)16-7-4-3-5-8-16)25(32)30-28-15-19-20(26)9-6-10-21(19)27/h3-15H,1-2H3,(H,29,31)(H,30,32). The molecule has 3 rings (SSSR count). The first kappa shape index (κ1) is 24.8. The molecule has 9 heteroatoms. The Bertz CT molecular complexity index is 1220. The third-order valence-corrected chi connectivity index (χ3v) is 5.28. The summed E-state index contributed by atoms with van der Waals surface area (Å²) in [5.41, 5.74) is 3.66. The topological polar surface area (TPSA) is 89.0 Å². The summed E-state index contributed by atoms with van der Waals surface area (Å²) in [5, 5.41) is 7.32. The normalized spacial score (nSPS) is 11.2. The van der Waals surface area contributed by atoms with Crippen LogP contribution in [0.2, 0.25) is 10.0 Å². The van der Waals surface area contributed by atoms with Gasteiger partial charge in [0, 0.05) is 16.7 Å². The van der Waals surface area contributed by atoms with Crippen LogP contribution in [0, 0.1) is 0 Å². The molecule has 0 saturated carbocycles. The lowest BCUT2D eigenvalue weighted by atomic mass is 10.1. The molecule has 3 aromatic carbocycles. The summed E-state index contributed by atoms with van der Waals surface area (Å²) in [6.07, 6.45) is 2.79. The third kappa shape index (κ3) is 6.37. The minimum Gasteiger partial charge on any atom is -0.497 e. The van der Waals surface area contributed by atoms with Crippen LogP contribution in [0.15, 0.2) is 77.5 Å². The number of carbonyl (C=O) groups is 2. The highest BCUT2D eigenvalue weighted by molar-refractivity contribution is 6.38. The zero-order valence-electron chi connectivity index (χ0n) is 18.3. The number of halogens is 2. The molecule has 0 aromatic heterocycles. The van der Waals surface area contributed by atoms with Crippen molar-refractivity contribution in [2.45, 2.75) is 0 Å². The monoisotopic (exact) mass is 497 g/mol. The summed E-state index contributed by atoms with van der Waals surface area (Å²) in [5.74, 6) is -0.116. The van der Waals surface area contributed by atoms with Crippen LogP contribution in [-0.4, -0.2) is 32.2 Å². The largest absolute Gasteiger partial charge is 0.497 e. The molecule has 2 N–H and O–H groups in total. The van der Waals surface area contributed by atoms with Crippen molar-refractivity contribution in [3.05, 3.63) is 99.2 Å². The number of nitrogens with one attached hydrogen (secondary N) is 2. The van der Waals surface area contributed by atoms with Crippen LogP contribution in [0.1, 0.15) is 21.5 Å². The number of hydrazone groups is 1. The summed E-state index contributed by atoms with van der Waals surface area (Å²) >= 11 is 12.3. The van der Waals surface area contributed by atoms with Gasteiger partial charge in [0.05, 0.1) is 30.5 Å². The SMILES string of the molecule is COc1ccc(OC)c(C=C(NC(=O)c2ccccc2)C(=O)NN=Cc2c(Cl)cccc2Cl)c1. The lowest BCUT2D eigenvalue weighted by Crippen LogP contribution is -2.32. The van der Waals surface area contributed by atoms with Gasteiger partial charge in [0.15, 0.2) is 0 Å². The van der Waals surface area contributed by atoms with Gasteiger partial charge in [0.25, 0.3) is 11.8 Å². The molecule has 0 fully saturated rings. The summed E-state index contributed by atoms with van der Waals surface area (Å²) in [6.45, 7) is 0. The van der Waals surface area contributed by atoms with E-state index in [1.807, 2.05) is 0 Å². The van der Waals surface area contributed by atoms with Gasteiger partial charge in [-0.3, -0.25) is 9.59 Å². The molecule has 0 saturated heterocycles. The number of hydrogen-bond acceptors (Lipinski definition) is 5. The van der Waals surface area contributed by atoms with Crippen molar-refractivity contribution in [2.75, 3.05) is 14.2 Å². The fourth-order valence-electron chi connectivity index (χ4n) is 2.90. The van der Waals surface area contributed by atoms with Crippen molar-refractivity contribution in [1.29, 1.82) is 0 Å². The van der Waals surface area contributed by atoms with Crippen LogP contribution >= 0.6 is 23.2 Å². The van der Waals surface area contributed by atoms with E-state index in [0.29, 0.717) is 38.2 Å². The Labute approximate surface area is 207 Å². The van der Waals surface area contributed by atoms with Gasteiger partial charge in [-0.2, -0.15) is 5.10 Å². The van der Waals surface area contributed by atoms with E-state index in [4.69, 9.17) is 32.7 Å². The summed E-state index contributed by atoms with van der Waals surface area (Å²) in [7, 11) is 3.02. The average Bonchev–Trinajstić information content (AvgIpc) is 2.85. The first-order valence-electron chi connectivity index (χ1n) is 10.0. The highest BCUT2D eigenvalue weighted by atomic mass is 35.5. The zero-order valence-corrected chi connectivity index (χ0v) is 19.9. The second-order valence-electron chi connectivity index (χ2n) is 6.82. The number of amides is 2. The minimum absolute atomic E-state index is 0.0668. The van der Waals surface area contributed by atoms with Crippen molar-refractivity contribution in [2.24, 2.45) is 5.10 Å². The Hall–Kier alpha value is -3.81. The molecule has 0 bridgehead atoms. The van der Waals surface area contributed by atoms with Crippen LogP contribution in [0.5, 0.6) is 11.5 Å². The fraction of sp³-hybridized carbons (Fsp3) is 0.0800. The summed E-state index contributed by atoms with van der Waals surface area (Å²) < 4.78 is 10.6. The van der Waals surface area contributed by atoms with Gasteiger partial charge in [-0.25, -0.2) is 5.43 Å². The molecule has 0 atom stereocenters. The number of ether oxygens (including phenoxy) is 2. The van der Waals surface area contributed by atoms with Crippen molar-refractivity contribution in [3.63, 3.8) is 0 Å². The average molecular weight is 498 g/mol. The zero-order chi connectivity index (χ0) is 24.5. The second-order valence-corrected chi connectivity index (χ2v) is 7.63. The Morgan fingerprint density at radius 1 is 0.912 bits per heavy atom. The molecule has 0 radical (unpaired) electrons. The van der Waals surface area contributed by atoms with E-state index >= 15 is 0 Å². The van der Waals surface area contributed by atoms with E-state index in [2.05, 4.69) is 15.8 Å². The maximum absolute atomic E-state index is 13.0. The third-order valence-electron chi connectivity index (χ3n) is 4.62. The van der Waals surface area contributed by atoms with Crippen molar-refractivity contribution in [3.8, 4) is 11.5 Å². The predicted octanol–water partition coefficient (Wildman–Crippen LogP) is 4.93. The molecule has 3 aromatic rings. The first-order valence-corrected chi connectivity index (χ1v) is 10.8. The smallest absolute Gasteiger partial charge is 0.287 e. The van der Waals surface area contributed by atoms with E-state index in [1.165, 1.54) is 26.5 Å². The van der Waals surface area contributed by atoms with Crippen molar-refractivity contribution in [1.82, 2.24) is 10.7 Å². The number of carbonyl (C=O) groups excluding carboxylic acids is 2. The van der Waals surface area contributed by atoms with Crippen molar-refractivity contribution < 1.29 is 19.1 Å². The highest BCUT2D eigenvalue weighted by Gasteiger charge is 2.16. The second kappa shape index (κ2) is 11.9. The Balaban J connectivity index is 1.93. The quantitative estimate of drug-likeness (QED) is 0.262. The highest BCUT2D eigenvalue weighted by Crippen LogP contribution is 2.26. The maximum atomic E-state index is 13.0. The Kier molecular flexibility index (Phi) is 8.67. The summed E-state index contributed by atoms with van der Waals surface area (Å²) in [6, 6.07) is 18.6. The Morgan fingerprint density at radius 3 is 2.26 bits per heavy atom. The van der Waals surface area contributed by atoms with Gasteiger partial charge in [-0.15, -0.1) is 0 Å². The van der Waals surface area contributed by atoms with Gasteiger partial charge < -0.3 is 14.8 Å². The Morgan fingerprint density at radius 2 is 1.62 bits per heavy atom. The maximum Gasteiger partial charge on any atom is 0.287 e. The number of nitrogens with zero attached hydrogens (tertiary/aromatic N) is 1. The van der Waals surface area contributed by atoms with E-state index in [0.717, 1.165) is 0 Å². The van der Waals surface area contributed by atoms with Gasteiger partial charge in [-0.05, 0) is 48.5 Å². The molecule has 0 aliphatic carbocycles. The van der Waals surface area contributed by atoms with Crippen LogP contribution in [0.25, 0.3) is 6.08 Å².